The lowest BCUT2D eigenvalue weighted by atomic mass is 10.8. The monoisotopic (exact) mass is 119 g/mol. The van der Waals surface area contributed by atoms with Crippen LogP contribution in [0.3, 0.4) is 0 Å². The van der Waals surface area contributed by atoms with Crippen LogP contribution in [0.1, 0.15) is 0 Å². The zero-order valence-electron chi connectivity index (χ0n) is 3.83. The Kier molecular flexibility index (Phi) is 180. The van der Waals surface area contributed by atoms with Crippen LogP contribution in [0.2, 0.25) is 0 Å². The first-order valence-corrected chi connectivity index (χ1v) is 1.13. The van der Waals surface area contributed by atoms with Gasteiger partial charge in [-0.25, -0.2) is 0 Å². The van der Waals surface area contributed by atoms with Crippen LogP contribution < -0.4 is 6.15 Å². The van der Waals surface area contributed by atoms with Crippen molar-refractivity contribution in [2.45, 2.75) is 0 Å². The molecule has 0 radical (unpaired) electrons. The molecule has 5 heteroatoms. The molecule has 0 fully saturated rings. The minimum atomic E-state index is -0.125. The van der Waals surface area contributed by atoms with Crippen molar-refractivity contribution >= 4 is 0 Å². The molecule has 0 amide bonds. The Morgan fingerprint density at radius 2 is 1.00 bits per heavy atom. The molecule has 5 N–H and O–H groups in total. The van der Waals surface area contributed by atoms with E-state index in [4.69, 9.17) is 10.2 Å². The van der Waals surface area contributed by atoms with E-state index in [2.05, 4.69) is 0 Å². The minimum absolute atomic E-state index is 0. The van der Waals surface area contributed by atoms with Crippen LogP contribution >= 0.6 is 0 Å². The second-order valence-electron chi connectivity index (χ2n) is 0.447. The third-order valence-corrected chi connectivity index (χ3v) is 0.1000. The molecular weight excluding hydrogens is 108 g/mol. The van der Waals surface area contributed by atoms with Gasteiger partial charge in [0.05, 0.1) is 13.2 Å². The van der Waals surface area contributed by atoms with Gasteiger partial charge in [-0.2, -0.15) is 0 Å². The third-order valence-electron chi connectivity index (χ3n) is 0.1000. The lowest BCUT2D eigenvalue weighted by Crippen LogP contribution is -1.85. The number of aliphatic hydroxyl groups excluding tert-OH is 2. The van der Waals surface area contributed by atoms with E-state index in [-0.39, 0.29) is 28.8 Å². The van der Waals surface area contributed by atoms with Crippen molar-refractivity contribution in [1.29, 1.82) is 0 Å². The highest BCUT2D eigenvalue weighted by molar-refractivity contribution is 4.06. The van der Waals surface area contributed by atoms with E-state index in [1.54, 1.807) is 0 Å². The van der Waals surface area contributed by atoms with Gasteiger partial charge in [-0.1, -0.05) is 0 Å². The lowest BCUT2D eigenvalue weighted by molar-refractivity contribution is 0.186. The van der Waals surface area contributed by atoms with Gasteiger partial charge < -0.3 is 16.4 Å². The van der Waals surface area contributed by atoms with Crippen molar-refractivity contribution < 1.29 is 19.6 Å². The quantitative estimate of drug-likeness (QED) is 0.433. The van der Waals surface area contributed by atoms with E-state index in [0.29, 0.717) is 0 Å². The number of hydrogen-bond donors (Lipinski definition) is 3. The van der Waals surface area contributed by atoms with E-state index in [9.17, 15) is 0 Å². The topological polar surface area (TPSA) is 75.5 Å². The second kappa shape index (κ2) is 42.6. The van der Waals surface area contributed by atoms with Gasteiger partial charge in [0.25, 0.3) is 0 Å². The fraction of sp³-hybridized carbons (Fsp3) is 1.00. The van der Waals surface area contributed by atoms with Crippen molar-refractivity contribution in [3.8, 4) is 0 Å². The summed E-state index contributed by atoms with van der Waals surface area (Å²) in [7, 11) is 0. The smallest absolute Gasteiger partial charge is 0.0662 e. The zero-order valence-corrected chi connectivity index (χ0v) is 3.83. The molecular formula is C2H11F2NO2. The summed E-state index contributed by atoms with van der Waals surface area (Å²) in [5.74, 6) is 0. The Bertz CT molecular complexity index is 15.7. The van der Waals surface area contributed by atoms with E-state index >= 15 is 0 Å². The van der Waals surface area contributed by atoms with Crippen LogP contribution in [0.4, 0.5) is 9.41 Å². The van der Waals surface area contributed by atoms with E-state index in [1.165, 1.54) is 0 Å². The Morgan fingerprint density at radius 3 is 1.00 bits per heavy atom. The van der Waals surface area contributed by atoms with Gasteiger partial charge in [-0.15, -0.1) is 0 Å². The lowest BCUT2D eigenvalue weighted by Gasteiger charge is -1.70. The summed E-state index contributed by atoms with van der Waals surface area (Å²) in [5.41, 5.74) is 0. The van der Waals surface area contributed by atoms with Gasteiger partial charge in [-0.05, 0) is 0 Å². The maximum absolute atomic E-state index is 7.62. The molecule has 50 valence electrons. The Morgan fingerprint density at radius 1 is 0.857 bits per heavy atom. The molecule has 0 saturated heterocycles. The van der Waals surface area contributed by atoms with Crippen molar-refractivity contribution in [1.82, 2.24) is 6.15 Å². The van der Waals surface area contributed by atoms with E-state index in [1.807, 2.05) is 0 Å². The maximum Gasteiger partial charge on any atom is 0.0662 e. The molecule has 3 nitrogen and oxygen atoms in total. The van der Waals surface area contributed by atoms with Crippen LogP contribution in [-0.4, -0.2) is 23.4 Å². The van der Waals surface area contributed by atoms with Crippen LogP contribution in [0.5, 0.6) is 0 Å². The van der Waals surface area contributed by atoms with Crippen molar-refractivity contribution in [3.05, 3.63) is 0 Å². The summed E-state index contributed by atoms with van der Waals surface area (Å²) < 4.78 is 0. The van der Waals surface area contributed by atoms with Gasteiger partial charge in [0, 0.05) is 0 Å². The SMILES string of the molecule is F.F.N.OCCO. The highest BCUT2D eigenvalue weighted by atomic mass is 19.0. The van der Waals surface area contributed by atoms with Crippen LogP contribution in [-0.2, 0) is 0 Å². The standard InChI is InChI=1S/C2H6O2.2FH.H3N/c3-1-2-4;;;/h3-4H,1-2H2;2*1H;1H3. The molecule has 0 aliphatic carbocycles. The molecule has 0 aromatic heterocycles. The Balaban J connectivity index is -0.0000000150. The predicted octanol–water partition coefficient (Wildman–Crippen LogP) is -0.562. The van der Waals surface area contributed by atoms with Gasteiger partial charge in [0.2, 0.25) is 0 Å². The average Bonchev–Trinajstić information content (AvgIpc) is 1.37. The first-order valence-electron chi connectivity index (χ1n) is 1.13. The van der Waals surface area contributed by atoms with E-state index in [0.717, 1.165) is 0 Å². The number of aliphatic hydroxyl groups is 2. The molecule has 0 rings (SSSR count). The van der Waals surface area contributed by atoms with Gasteiger partial charge in [0.1, 0.15) is 0 Å². The molecule has 0 bridgehead atoms. The summed E-state index contributed by atoms with van der Waals surface area (Å²) in [5, 5.41) is 15.2. The molecule has 0 heterocycles. The molecule has 0 aromatic carbocycles. The molecule has 0 saturated carbocycles. The number of rotatable bonds is 1. The van der Waals surface area contributed by atoms with Gasteiger partial charge in [0.15, 0.2) is 0 Å². The highest BCUT2D eigenvalue weighted by Crippen LogP contribution is 1.39. The average molecular weight is 119 g/mol. The number of hydrogen-bond acceptors (Lipinski definition) is 3. The summed E-state index contributed by atoms with van der Waals surface area (Å²) in [6.07, 6.45) is 0. The van der Waals surface area contributed by atoms with Gasteiger partial charge >= 0.3 is 0 Å². The molecule has 7 heavy (non-hydrogen) atoms. The largest absolute Gasteiger partial charge is 0.394 e. The van der Waals surface area contributed by atoms with E-state index < -0.39 is 0 Å². The predicted molar refractivity (Wildman–Crippen MR) is 24.2 cm³/mol. The molecule has 0 atom stereocenters. The van der Waals surface area contributed by atoms with Crippen LogP contribution in [0.15, 0.2) is 0 Å². The first-order chi connectivity index (χ1) is 1.91. The third kappa shape index (κ3) is 147. The Hall–Kier alpha value is -0.260. The second-order valence-corrected chi connectivity index (χ2v) is 0.447. The molecule has 0 aliphatic heterocycles. The highest BCUT2D eigenvalue weighted by Gasteiger charge is 1.58. The molecule has 0 aliphatic rings. The fourth-order valence-corrected chi connectivity index (χ4v) is 0. The molecule has 0 unspecified atom stereocenters. The minimum Gasteiger partial charge on any atom is -0.394 e. The molecule has 0 spiro atoms. The van der Waals surface area contributed by atoms with Crippen LogP contribution in [0, 0.1) is 0 Å². The first kappa shape index (κ1) is 29.6. The summed E-state index contributed by atoms with van der Waals surface area (Å²) in [6.45, 7) is -0.250. The molecule has 0 aromatic rings. The van der Waals surface area contributed by atoms with Crippen molar-refractivity contribution in [3.63, 3.8) is 0 Å². The summed E-state index contributed by atoms with van der Waals surface area (Å²) in [6, 6.07) is 0. The maximum atomic E-state index is 7.62. The normalized spacial score (nSPS) is 4.29. The van der Waals surface area contributed by atoms with Crippen LogP contribution in [0.25, 0.3) is 0 Å². The van der Waals surface area contributed by atoms with Crippen molar-refractivity contribution in [2.24, 2.45) is 0 Å². The Labute approximate surface area is 40.3 Å². The number of halogens is 2. The van der Waals surface area contributed by atoms with Crippen molar-refractivity contribution in [2.75, 3.05) is 13.2 Å². The van der Waals surface area contributed by atoms with Gasteiger partial charge in [-0.3, -0.25) is 9.41 Å². The summed E-state index contributed by atoms with van der Waals surface area (Å²) in [4.78, 5) is 0. The summed E-state index contributed by atoms with van der Waals surface area (Å²) >= 11 is 0. The fourth-order valence-electron chi connectivity index (χ4n) is 0. The zero-order chi connectivity index (χ0) is 3.41.